The van der Waals surface area contributed by atoms with Gasteiger partial charge in [0.15, 0.2) is 0 Å². The second-order valence-electron chi connectivity index (χ2n) is 2.23. The first-order chi connectivity index (χ1) is 5.85. The molecule has 1 heteroatoms. The van der Waals surface area contributed by atoms with E-state index >= 15 is 0 Å². The summed E-state index contributed by atoms with van der Waals surface area (Å²) in [4.78, 5) is 0. The highest BCUT2D eigenvalue weighted by molar-refractivity contribution is 5.22. The van der Waals surface area contributed by atoms with Crippen LogP contribution in [0.4, 0.5) is 4.39 Å². The average Bonchev–Trinajstić information content (AvgIpc) is 2.10. The molecule has 0 saturated carbocycles. The van der Waals surface area contributed by atoms with Gasteiger partial charge < -0.3 is 0 Å². The fourth-order valence-corrected chi connectivity index (χ4v) is 0.876. The van der Waals surface area contributed by atoms with Crippen LogP contribution < -0.4 is 0 Å². The fourth-order valence-electron chi connectivity index (χ4n) is 0.876. The smallest absolute Gasteiger partial charge is 0.0785 e. The summed E-state index contributed by atoms with van der Waals surface area (Å²) < 4.78 is 9.50. The van der Waals surface area contributed by atoms with E-state index in [-0.39, 0.29) is 0 Å². The molecule has 0 bridgehead atoms. The fraction of sp³-hybridized carbons (Fsp3) is 0.455. The van der Waals surface area contributed by atoms with Crippen LogP contribution >= 0.6 is 0 Å². The molecule has 0 aromatic rings. The second kappa shape index (κ2) is 12.8. The Hall–Kier alpha value is -0.850. The molecular formula is C11H19F. The maximum absolute atomic E-state index is 9.50. The van der Waals surface area contributed by atoms with Crippen molar-refractivity contribution in [3.63, 3.8) is 0 Å². The summed E-state index contributed by atoms with van der Waals surface area (Å²) in [6, 6.07) is 0. The van der Waals surface area contributed by atoms with Gasteiger partial charge in [-0.2, -0.15) is 0 Å². The Labute approximate surface area is 75.5 Å². The molecule has 0 unspecified atom stereocenters. The molecule has 0 aliphatic heterocycles. The third kappa shape index (κ3) is 9.15. The van der Waals surface area contributed by atoms with E-state index in [9.17, 15) is 4.39 Å². The molecule has 0 N–H and O–H groups in total. The van der Waals surface area contributed by atoms with Gasteiger partial charge in [0.25, 0.3) is 0 Å². The maximum atomic E-state index is 9.50. The molecule has 0 heterocycles. The Morgan fingerprint density at radius 1 is 1.42 bits per heavy atom. The molecule has 0 aliphatic carbocycles. The molecule has 0 radical (unpaired) electrons. The molecule has 0 saturated heterocycles. The number of rotatable bonds is 4. The molecule has 0 amide bonds. The van der Waals surface area contributed by atoms with E-state index in [1.165, 1.54) is 12.0 Å². The average molecular weight is 170 g/mol. The summed E-state index contributed by atoms with van der Waals surface area (Å²) in [6.45, 7) is 7.87. The van der Waals surface area contributed by atoms with Gasteiger partial charge in [-0.25, -0.2) is 0 Å². The number of halogens is 1. The van der Waals surface area contributed by atoms with E-state index < -0.39 is 0 Å². The number of hydrogen-bond donors (Lipinski definition) is 0. The van der Waals surface area contributed by atoms with Gasteiger partial charge in [0.1, 0.15) is 0 Å². The highest BCUT2D eigenvalue weighted by Gasteiger charge is 1.85. The van der Waals surface area contributed by atoms with Gasteiger partial charge >= 0.3 is 0 Å². The minimum atomic E-state index is 0.500. The van der Waals surface area contributed by atoms with Gasteiger partial charge in [-0.05, 0) is 18.9 Å². The van der Waals surface area contributed by atoms with Crippen LogP contribution in [0, 0.1) is 0 Å². The highest BCUT2D eigenvalue weighted by Crippen LogP contribution is 2.05. The van der Waals surface area contributed by atoms with Crippen molar-refractivity contribution in [2.75, 3.05) is 7.18 Å². The van der Waals surface area contributed by atoms with Gasteiger partial charge in [-0.15, -0.1) is 0 Å². The lowest BCUT2D eigenvalue weighted by atomic mass is 10.1. The summed E-state index contributed by atoms with van der Waals surface area (Å²) in [6.07, 6.45) is 10.4. The lowest BCUT2D eigenvalue weighted by Crippen LogP contribution is -1.75. The summed E-state index contributed by atoms with van der Waals surface area (Å²) in [5.41, 5.74) is 1.36. The Morgan fingerprint density at radius 3 is 2.33 bits per heavy atom. The Balaban J connectivity index is 0. The Morgan fingerprint density at radius 2 is 2.00 bits per heavy atom. The van der Waals surface area contributed by atoms with Crippen LogP contribution in [0.1, 0.15) is 26.7 Å². The number of alkyl halides is 1. The normalized spacial score (nSPS) is 10.8. The van der Waals surface area contributed by atoms with Crippen molar-refractivity contribution in [1.82, 2.24) is 0 Å². The molecule has 0 atom stereocenters. The minimum Gasteiger partial charge on any atom is -0.255 e. The lowest BCUT2D eigenvalue weighted by molar-refractivity contribution is 0.636. The first-order valence-corrected chi connectivity index (χ1v) is 4.17. The molecule has 0 fully saturated rings. The quantitative estimate of drug-likeness (QED) is 0.558. The minimum absolute atomic E-state index is 0.500. The standard InChI is InChI=1S/C10H16.CH3F/c1-4-7-10(8-5-2)9-6-3;1-2/h4-5,7-8H,1,6,9H2,2-3H3;1H3/b8-5-,10-7+;. The third-order valence-corrected chi connectivity index (χ3v) is 1.25. The van der Waals surface area contributed by atoms with Gasteiger partial charge in [0.2, 0.25) is 0 Å². The SMILES string of the molecule is C=C/C=C(\C=C/C)CCC.CF. The van der Waals surface area contributed by atoms with Crippen molar-refractivity contribution in [1.29, 1.82) is 0 Å². The number of hydrogen-bond acceptors (Lipinski definition) is 0. The van der Waals surface area contributed by atoms with Crippen molar-refractivity contribution in [2.45, 2.75) is 26.7 Å². The van der Waals surface area contributed by atoms with E-state index in [4.69, 9.17) is 0 Å². The predicted octanol–water partition coefficient (Wildman–Crippen LogP) is 4.06. The van der Waals surface area contributed by atoms with E-state index in [0.29, 0.717) is 7.18 Å². The van der Waals surface area contributed by atoms with Crippen LogP contribution in [0.5, 0.6) is 0 Å². The molecule has 0 aromatic carbocycles. The molecule has 0 aliphatic rings. The zero-order valence-corrected chi connectivity index (χ0v) is 8.31. The van der Waals surface area contributed by atoms with E-state index in [1.807, 2.05) is 13.0 Å². The van der Waals surface area contributed by atoms with E-state index in [1.54, 1.807) is 0 Å². The Bertz CT molecular complexity index is 143. The first-order valence-electron chi connectivity index (χ1n) is 4.17. The topological polar surface area (TPSA) is 0 Å². The van der Waals surface area contributed by atoms with Crippen LogP contribution in [-0.2, 0) is 0 Å². The van der Waals surface area contributed by atoms with Gasteiger partial charge in [-0.1, -0.05) is 44.2 Å². The second-order valence-corrected chi connectivity index (χ2v) is 2.23. The monoisotopic (exact) mass is 170 g/mol. The summed E-state index contributed by atoms with van der Waals surface area (Å²) in [5.74, 6) is 0. The highest BCUT2D eigenvalue weighted by atomic mass is 19.1. The summed E-state index contributed by atoms with van der Waals surface area (Å²) >= 11 is 0. The first kappa shape index (κ1) is 13.7. The zero-order chi connectivity index (χ0) is 9.82. The van der Waals surface area contributed by atoms with E-state index in [0.717, 1.165) is 6.42 Å². The van der Waals surface area contributed by atoms with Crippen LogP contribution in [0.3, 0.4) is 0 Å². The van der Waals surface area contributed by atoms with E-state index in [2.05, 4.69) is 31.7 Å². The molecule has 0 spiro atoms. The largest absolute Gasteiger partial charge is 0.255 e. The van der Waals surface area contributed by atoms with Crippen LogP contribution in [0.15, 0.2) is 36.5 Å². The van der Waals surface area contributed by atoms with Crippen LogP contribution in [0.2, 0.25) is 0 Å². The Kier molecular flexibility index (Phi) is 14.6. The molecule has 12 heavy (non-hydrogen) atoms. The van der Waals surface area contributed by atoms with Crippen LogP contribution in [0.25, 0.3) is 0 Å². The van der Waals surface area contributed by atoms with Crippen molar-refractivity contribution in [2.24, 2.45) is 0 Å². The van der Waals surface area contributed by atoms with Gasteiger partial charge in [-0.3, -0.25) is 4.39 Å². The van der Waals surface area contributed by atoms with Gasteiger partial charge in [0.05, 0.1) is 7.18 Å². The molecule has 0 rings (SSSR count). The van der Waals surface area contributed by atoms with Gasteiger partial charge in [0, 0.05) is 0 Å². The molecule has 0 nitrogen and oxygen atoms in total. The summed E-state index contributed by atoms with van der Waals surface area (Å²) in [7, 11) is 0.500. The maximum Gasteiger partial charge on any atom is 0.0785 e. The molecular weight excluding hydrogens is 151 g/mol. The molecule has 0 aromatic heterocycles. The van der Waals surface area contributed by atoms with Crippen molar-refractivity contribution in [3.05, 3.63) is 36.5 Å². The summed E-state index contributed by atoms with van der Waals surface area (Å²) in [5, 5.41) is 0. The number of allylic oxidation sites excluding steroid dienone is 5. The van der Waals surface area contributed by atoms with Crippen LogP contribution in [-0.4, -0.2) is 7.18 Å². The van der Waals surface area contributed by atoms with Crippen molar-refractivity contribution in [3.8, 4) is 0 Å². The third-order valence-electron chi connectivity index (χ3n) is 1.25. The zero-order valence-electron chi connectivity index (χ0n) is 8.31. The lowest BCUT2D eigenvalue weighted by Gasteiger charge is -1.95. The van der Waals surface area contributed by atoms with Crippen molar-refractivity contribution >= 4 is 0 Å². The van der Waals surface area contributed by atoms with Crippen molar-refractivity contribution < 1.29 is 4.39 Å². The molecule has 70 valence electrons. The predicted molar refractivity (Wildman–Crippen MR) is 55.0 cm³/mol.